The van der Waals surface area contributed by atoms with Crippen molar-refractivity contribution in [3.05, 3.63) is 34.8 Å². The van der Waals surface area contributed by atoms with Crippen LogP contribution < -0.4 is 15.5 Å². The molecule has 8 nitrogen and oxygen atoms in total. The number of nitrogens with one attached hydrogen (secondary N) is 2. The Morgan fingerprint density at radius 2 is 2.00 bits per heavy atom. The molecule has 0 unspecified atom stereocenters. The van der Waals surface area contributed by atoms with E-state index in [0.29, 0.717) is 16.6 Å². The van der Waals surface area contributed by atoms with Gasteiger partial charge in [0.05, 0.1) is 19.7 Å². The number of hydrazone groups is 1. The molecule has 0 atom stereocenters. The van der Waals surface area contributed by atoms with E-state index in [1.165, 1.54) is 6.21 Å². The zero-order valence-electron chi connectivity index (χ0n) is 13.3. The van der Waals surface area contributed by atoms with Crippen molar-refractivity contribution in [3.63, 3.8) is 0 Å². The van der Waals surface area contributed by atoms with Gasteiger partial charge in [-0.1, -0.05) is 18.3 Å². The quantitative estimate of drug-likeness (QED) is 0.584. The van der Waals surface area contributed by atoms with E-state index < -0.39 is 0 Å². The summed E-state index contributed by atoms with van der Waals surface area (Å²) in [7, 11) is 1.59. The molecule has 0 aliphatic carbocycles. The molecule has 1 heterocycles. The Morgan fingerprint density at radius 3 is 2.67 bits per heavy atom. The fraction of sp³-hybridized carbons (Fsp3) is 0.267. The van der Waals surface area contributed by atoms with Crippen molar-refractivity contribution in [1.29, 1.82) is 0 Å². The lowest BCUT2D eigenvalue weighted by atomic mass is 10.2. The van der Waals surface area contributed by atoms with Crippen molar-refractivity contribution in [1.82, 2.24) is 15.6 Å². The number of aromatic nitrogens is 2. The number of methoxy groups -OCH3 is 1. The van der Waals surface area contributed by atoms with Crippen LogP contribution in [0.4, 0.5) is 5.13 Å². The largest absolute Gasteiger partial charge is 0.497 e. The van der Waals surface area contributed by atoms with E-state index in [0.717, 1.165) is 22.6 Å². The van der Waals surface area contributed by atoms with Crippen molar-refractivity contribution in [2.45, 2.75) is 19.8 Å². The zero-order chi connectivity index (χ0) is 17.4. The van der Waals surface area contributed by atoms with E-state index in [4.69, 9.17) is 4.74 Å². The summed E-state index contributed by atoms with van der Waals surface area (Å²) in [6.07, 6.45) is 1.93. The monoisotopic (exact) mass is 347 g/mol. The van der Waals surface area contributed by atoms with Gasteiger partial charge >= 0.3 is 0 Å². The Morgan fingerprint density at radius 1 is 1.25 bits per heavy atom. The van der Waals surface area contributed by atoms with E-state index in [2.05, 4.69) is 26.0 Å². The number of rotatable bonds is 7. The number of carbonyl (C=O) groups excluding carboxylic acids is 2. The number of nitrogens with zero attached hydrogens (tertiary/aromatic N) is 3. The summed E-state index contributed by atoms with van der Waals surface area (Å²) >= 11 is 1.16. The highest BCUT2D eigenvalue weighted by molar-refractivity contribution is 7.15. The lowest BCUT2D eigenvalue weighted by molar-refractivity contribution is -0.120. The molecule has 126 valence electrons. The predicted molar refractivity (Wildman–Crippen MR) is 91.3 cm³/mol. The number of anilines is 1. The number of benzene rings is 1. The molecule has 0 bridgehead atoms. The van der Waals surface area contributed by atoms with Gasteiger partial charge in [-0.25, -0.2) is 5.43 Å². The van der Waals surface area contributed by atoms with E-state index >= 15 is 0 Å². The van der Waals surface area contributed by atoms with Gasteiger partial charge in [-0.05, 0) is 29.8 Å². The van der Waals surface area contributed by atoms with Gasteiger partial charge in [0.1, 0.15) is 10.8 Å². The number of hydrogen-bond acceptors (Lipinski definition) is 7. The van der Waals surface area contributed by atoms with Crippen molar-refractivity contribution in [2.24, 2.45) is 5.10 Å². The Kier molecular flexibility index (Phi) is 6.38. The maximum atomic E-state index is 11.8. The minimum absolute atomic E-state index is 0.0413. The Bertz CT molecular complexity index is 727. The van der Waals surface area contributed by atoms with Crippen molar-refractivity contribution >= 4 is 34.5 Å². The lowest BCUT2D eigenvalue weighted by Crippen LogP contribution is -2.19. The van der Waals surface area contributed by atoms with Gasteiger partial charge in [0.2, 0.25) is 16.9 Å². The molecule has 2 rings (SSSR count). The second kappa shape index (κ2) is 8.73. The molecule has 1 aromatic carbocycles. The third-order valence-corrected chi connectivity index (χ3v) is 3.70. The van der Waals surface area contributed by atoms with E-state index in [1.807, 2.05) is 12.1 Å². The van der Waals surface area contributed by atoms with Gasteiger partial charge in [0.15, 0.2) is 0 Å². The number of carbonyl (C=O) groups is 2. The highest BCUT2D eigenvalue weighted by atomic mass is 32.1. The minimum Gasteiger partial charge on any atom is -0.497 e. The fourth-order valence-electron chi connectivity index (χ4n) is 1.63. The maximum absolute atomic E-state index is 11.8. The summed E-state index contributed by atoms with van der Waals surface area (Å²) < 4.78 is 5.06. The first kappa shape index (κ1) is 17.5. The highest BCUT2D eigenvalue weighted by Crippen LogP contribution is 2.15. The molecule has 0 saturated heterocycles. The molecular weight excluding hydrogens is 330 g/mol. The number of amides is 2. The van der Waals surface area contributed by atoms with Gasteiger partial charge in [-0.3, -0.25) is 9.59 Å². The average Bonchev–Trinajstić information content (AvgIpc) is 3.02. The normalized spacial score (nSPS) is 10.6. The van der Waals surface area contributed by atoms with Crippen LogP contribution in [0.25, 0.3) is 0 Å². The minimum atomic E-state index is -0.315. The van der Waals surface area contributed by atoms with Crippen LogP contribution in [-0.4, -0.2) is 35.3 Å². The topological polar surface area (TPSA) is 106 Å². The lowest BCUT2D eigenvalue weighted by Gasteiger charge is -1.99. The SMILES string of the molecule is CCC(=O)Nc1nnc(CC(=O)N/N=C/c2ccc(OC)cc2)s1. The first-order valence-electron chi connectivity index (χ1n) is 7.19. The van der Waals surface area contributed by atoms with E-state index in [1.54, 1.807) is 26.2 Å². The van der Waals surface area contributed by atoms with Crippen LogP contribution in [0.15, 0.2) is 29.4 Å². The second-order valence-corrected chi connectivity index (χ2v) is 5.71. The van der Waals surface area contributed by atoms with Gasteiger partial charge in [0.25, 0.3) is 0 Å². The fourth-order valence-corrected chi connectivity index (χ4v) is 2.38. The smallest absolute Gasteiger partial charge is 0.247 e. The first-order valence-corrected chi connectivity index (χ1v) is 8.00. The van der Waals surface area contributed by atoms with Crippen LogP contribution in [0.5, 0.6) is 5.75 Å². The van der Waals surface area contributed by atoms with Crippen LogP contribution in [0, 0.1) is 0 Å². The standard InChI is InChI=1S/C15H17N5O3S/c1-3-12(21)17-15-20-19-14(24-15)8-13(22)18-16-9-10-4-6-11(23-2)7-5-10/h4-7,9H,3,8H2,1-2H3,(H,18,22)(H,17,20,21)/b16-9+. The van der Waals surface area contributed by atoms with Gasteiger partial charge in [-0.2, -0.15) is 5.10 Å². The van der Waals surface area contributed by atoms with E-state index in [-0.39, 0.29) is 18.2 Å². The van der Waals surface area contributed by atoms with Crippen molar-refractivity contribution in [2.75, 3.05) is 12.4 Å². The summed E-state index contributed by atoms with van der Waals surface area (Å²) in [6.45, 7) is 1.74. The van der Waals surface area contributed by atoms with Crippen LogP contribution in [0.2, 0.25) is 0 Å². The molecule has 2 N–H and O–H groups in total. The summed E-state index contributed by atoms with van der Waals surface area (Å²) in [5.74, 6) is 0.286. The molecule has 0 spiro atoms. The molecule has 2 aromatic rings. The average molecular weight is 347 g/mol. The molecule has 0 aliphatic rings. The molecule has 1 aromatic heterocycles. The summed E-state index contributed by atoms with van der Waals surface area (Å²) in [4.78, 5) is 23.0. The van der Waals surface area contributed by atoms with Crippen molar-refractivity contribution in [3.8, 4) is 5.75 Å². The van der Waals surface area contributed by atoms with E-state index in [9.17, 15) is 9.59 Å². The number of ether oxygens (including phenoxy) is 1. The molecular formula is C15H17N5O3S. The molecule has 0 radical (unpaired) electrons. The van der Waals surface area contributed by atoms with Gasteiger partial charge in [-0.15, -0.1) is 10.2 Å². The molecule has 0 saturated carbocycles. The molecule has 0 fully saturated rings. The molecule has 24 heavy (non-hydrogen) atoms. The summed E-state index contributed by atoms with van der Waals surface area (Å²) in [6, 6.07) is 7.25. The van der Waals surface area contributed by atoms with Crippen LogP contribution in [0.3, 0.4) is 0 Å². The maximum Gasteiger partial charge on any atom is 0.247 e. The second-order valence-electron chi connectivity index (χ2n) is 4.65. The third-order valence-electron chi connectivity index (χ3n) is 2.86. The first-order chi connectivity index (χ1) is 11.6. The summed E-state index contributed by atoms with van der Waals surface area (Å²) in [5, 5.41) is 15.0. The van der Waals surface area contributed by atoms with Gasteiger partial charge in [0, 0.05) is 6.42 Å². The molecule has 2 amide bonds. The molecule has 0 aliphatic heterocycles. The molecule has 9 heteroatoms. The zero-order valence-corrected chi connectivity index (χ0v) is 14.1. The Balaban J connectivity index is 1.82. The number of hydrogen-bond donors (Lipinski definition) is 2. The predicted octanol–water partition coefficient (Wildman–Crippen LogP) is 1.59. The Hall–Kier alpha value is -2.81. The van der Waals surface area contributed by atoms with Gasteiger partial charge < -0.3 is 10.1 Å². The Labute approximate surface area is 142 Å². The third kappa shape index (κ3) is 5.43. The summed E-state index contributed by atoms with van der Waals surface area (Å²) in [5.41, 5.74) is 3.25. The highest BCUT2D eigenvalue weighted by Gasteiger charge is 2.10. The van der Waals surface area contributed by atoms with Crippen LogP contribution >= 0.6 is 11.3 Å². The van der Waals surface area contributed by atoms with Crippen LogP contribution in [0.1, 0.15) is 23.9 Å². The van der Waals surface area contributed by atoms with Crippen molar-refractivity contribution < 1.29 is 14.3 Å². The van der Waals surface area contributed by atoms with Crippen LogP contribution in [-0.2, 0) is 16.0 Å².